The van der Waals surface area contributed by atoms with Crippen molar-refractivity contribution in [2.24, 2.45) is 5.92 Å². The number of hydrogen-bond acceptors (Lipinski definition) is 4. The largest absolute Gasteiger partial charge is 0.385 e. The van der Waals surface area contributed by atoms with Gasteiger partial charge in [-0.15, -0.1) is 11.3 Å². The van der Waals surface area contributed by atoms with Gasteiger partial charge in [-0.2, -0.15) is 0 Å². The van der Waals surface area contributed by atoms with Crippen molar-refractivity contribution in [3.05, 3.63) is 40.6 Å². The van der Waals surface area contributed by atoms with Crippen LogP contribution >= 0.6 is 11.3 Å². The van der Waals surface area contributed by atoms with Crippen LogP contribution in [-0.2, 0) is 24.4 Å². The van der Waals surface area contributed by atoms with E-state index < -0.39 is 0 Å². The van der Waals surface area contributed by atoms with E-state index in [1.807, 2.05) is 6.20 Å². The van der Waals surface area contributed by atoms with Crippen LogP contribution in [0.2, 0.25) is 0 Å². The van der Waals surface area contributed by atoms with Gasteiger partial charge in [-0.1, -0.05) is 0 Å². The number of aromatic nitrogens is 2. The fraction of sp³-hybridized carbons (Fsp3) is 0.533. The molecule has 0 saturated carbocycles. The highest BCUT2D eigenvalue weighted by Crippen LogP contribution is 2.21. The van der Waals surface area contributed by atoms with Crippen molar-refractivity contribution in [2.45, 2.75) is 26.1 Å². The molecule has 0 amide bonds. The molecule has 2 aromatic rings. The molecule has 1 unspecified atom stereocenters. The Balaban J connectivity index is 1.73. The Morgan fingerprint density at radius 1 is 1.45 bits per heavy atom. The highest BCUT2D eigenvalue weighted by atomic mass is 32.1. The predicted octanol–water partition coefficient (Wildman–Crippen LogP) is 2.61. The summed E-state index contributed by atoms with van der Waals surface area (Å²) in [6.45, 7) is 5.01. The first kappa shape index (κ1) is 13.8. The summed E-state index contributed by atoms with van der Waals surface area (Å²) in [7, 11) is 1.78. The molecule has 0 aliphatic carbocycles. The molecule has 1 aliphatic rings. The lowest BCUT2D eigenvalue weighted by Gasteiger charge is -2.22. The average Bonchev–Trinajstić information content (AvgIpc) is 3.06. The average molecular weight is 291 g/mol. The highest BCUT2D eigenvalue weighted by Gasteiger charge is 2.21. The van der Waals surface area contributed by atoms with E-state index in [-0.39, 0.29) is 0 Å². The summed E-state index contributed by atoms with van der Waals surface area (Å²) >= 11 is 1.74. The smallest absolute Gasteiger partial charge is 0.107 e. The van der Waals surface area contributed by atoms with E-state index in [1.54, 1.807) is 18.4 Å². The van der Waals surface area contributed by atoms with Gasteiger partial charge in [-0.3, -0.25) is 4.90 Å². The van der Waals surface area contributed by atoms with E-state index in [0.717, 1.165) is 39.2 Å². The lowest BCUT2D eigenvalue weighted by molar-refractivity contribution is 0.151. The van der Waals surface area contributed by atoms with Gasteiger partial charge in [0.15, 0.2) is 0 Å². The van der Waals surface area contributed by atoms with E-state index in [0.29, 0.717) is 5.92 Å². The molecule has 3 heterocycles. The van der Waals surface area contributed by atoms with Crippen molar-refractivity contribution in [3.8, 4) is 0 Å². The van der Waals surface area contributed by atoms with Crippen LogP contribution in [0.15, 0.2) is 29.9 Å². The Bertz CT molecular complexity index is 523. The highest BCUT2D eigenvalue weighted by molar-refractivity contribution is 7.09. The fourth-order valence-corrected chi connectivity index (χ4v) is 3.53. The van der Waals surface area contributed by atoms with Gasteiger partial charge < -0.3 is 9.30 Å². The summed E-state index contributed by atoms with van der Waals surface area (Å²) in [4.78, 5) is 6.93. The molecular formula is C15H21N3OS. The molecule has 4 nitrogen and oxygen atoms in total. The van der Waals surface area contributed by atoms with Crippen LogP contribution in [0.3, 0.4) is 0 Å². The van der Waals surface area contributed by atoms with Gasteiger partial charge in [-0.05, 0) is 24.5 Å². The van der Waals surface area contributed by atoms with Crippen LogP contribution in [0.25, 0.3) is 0 Å². The summed E-state index contributed by atoms with van der Waals surface area (Å²) in [6.07, 6.45) is 5.20. The zero-order valence-electron chi connectivity index (χ0n) is 11.9. The van der Waals surface area contributed by atoms with Crippen molar-refractivity contribution in [1.82, 2.24) is 14.5 Å². The molecule has 0 radical (unpaired) electrons. The van der Waals surface area contributed by atoms with Gasteiger partial charge in [0, 0.05) is 56.8 Å². The van der Waals surface area contributed by atoms with E-state index >= 15 is 0 Å². The van der Waals surface area contributed by atoms with Crippen LogP contribution in [-0.4, -0.2) is 34.7 Å². The number of hydrogen-bond donors (Lipinski definition) is 0. The second-order valence-corrected chi connectivity index (χ2v) is 6.37. The van der Waals surface area contributed by atoms with Gasteiger partial charge in [0.2, 0.25) is 0 Å². The molecule has 3 rings (SSSR count). The van der Waals surface area contributed by atoms with Crippen molar-refractivity contribution in [1.29, 1.82) is 0 Å². The first-order chi connectivity index (χ1) is 9.85. The number of rotatable bonds is 5. The molecule has 108 valence electrons. The normalized spacial score (nSPS) is 19.8. The quantitative estimate of drug-likeness (QED) is 0.848. The second kappa shape index (κ2) is 6.52. The maximum atomic E-state index is 5.26. The van der Waals surface area contributed by atoms with Crippen LogP contribution < -0.4 is 0 Å². The minimum Gasteiger partial charge on any atom is -0.385 e. The van der Waals surface area contributed by atoms with Crippen molar-refractivity contribution >= 4 is 11.3 Å². The SMILES string of the molecule is COCCC1CN(Cc2nccs2)Cc2cccn2C1. The predicted molar refractivity (Wildman–Crippen MR) is 80.6 cm³/mol. The van der Waals surface area contributed by atoms with E-state index in [4.69, 9.17) is 4.74 Å². The van der Waals surface area contributed by atoms with Crippen LogP contribution in [0.5, 0.6) is 0 Å². The molecule has 0 saturated heterocycles. The van der Waals surface area contributed by atoms with Crippen LogP contribution in [0.4, 0.5) is 0 Å². The number of thiazole rings is 1. The zero-order valence-corrected chi connectivity index (χ0v) is 12.7. The molecule has 0 N–H and O–H groups in total. The molecule has 5 heteroatoms. The molecule has 20 heavy (non-hydrogen) atoms. The van der Waals surface area contributed by atoms with Crippen LogP contribution in [0, 0.1) is 5.92 Å². The summed E-state index contributed by atoms with van der Waals surface area (Å²) in [6, 6.07) is 4.38. The van der Waals surface area contributed by atoms with Crippen molar-refractivity contribution in [2.75, 3.05) is 20.3 Å². The number of ether oxygens (including phenoxy) is 1. The van der Waals surface area contributed by atoms with Gasteiger partial charge >= 0.3 is 0 Å². The van der Waals surface area contributed by atoms with Gasteiger partial charge in [0.25, 0.3) is 0 Å². The van der Waals surface area contributed by atoms with Crippen molar-refractivity contribution < 1.29 is 4.74 Å². The summed E-state index contributed by atoms with van der Waals surface area (Å²) in [5.41, 5.74) is 1.40. The Morgan fingerprint density at radius 3 is 3.20 bits per heavy atom. The molecule has 0 fully saturated rings. The third-order valence-corrected chi connectivity index (χ3v) is 4.62. The molecule has 1 aliphatic heterocycles. The van der Waals surface area contributed by atoms with Gasteiger partial charge in [0.05, 0.1) is 6.54 Å². The first-order valence-corrected chi connectivity index (χ1v) is 7.97. The topological polar surface area (TPSA) is 30.3 Å². The van der Waals surface area contributed by atoms with E-state index in [9.17, 15) is 0 Å². The minimum atomic E-state index is 0.642. The maximum absolute atomic E-state index is 5.26. The molecule has 2 aromatic heterocycles. The zero-order chi connectivity index (χ0) is 13.8. The standard InChI is InChI=1S/C15H21N3OS/c1-19-7-4-13-9-17(12-15-16-5-8-20-15)11-14-3-2-6-18(14)10-13/h2-3,5-6,8,13H,4,7,9-12H2,1H3. The van der Waals surface area contributed by atoms with Crippen molar-refractivity contribution in [3.63, 3.8) is 0 Å². The maximum Gasteiger partial charge on any atom is 0.107 e. The summed E-state index contributed by atoms with van der Waals surface area (Å²) in [5.74, 6) is 0.642. The first-order valence-electron chi connectivity index (χ1n) is 7.09. The van der Waals surface area contributed by atoms with Crippen LogP contribution in [0.1, 0.15) is 17.1 Å². The Labute approximate surface area is 124 Å². The monoisotopic (exact) mass is 291 g/mol. The summed E-state index contributed by atoms with van der Waals surface area (Å²) < 4.78 is 7.65. The third kappa shape index (κ3) is 3.29. The van der Waals surface area contributed by atoms with E-state index in [1.165, 1.54) is 10.7 Å². The fourth-order valence-electron chi connectivity index (χ4n) is 2.88. The second-order valence-electron chi connectivity index (χ2n) is 5.39. The lowest BCUT2D eigenvalue weighted by atomic mass is 10.1. The Hall–Kier alpha value is -1.17. The molecule has 0 aromatic carbocycles. The number of nitrogens with zero attached hydrogens (tertiary/aromatic N) is 3. The molecular weight excluding hydrogens is 270 g/mol. The molecule has 0 spiro atoms. The third-order valence-electron chi connectivity index (χ3n) is 3.85. The Morgan fingerprint density at radius 2 is 2.40 bits per heavy atom. The number of fused-ring (bicyclic) bond motifs is 1. The Kier molecular flexibility index (Phi) is 4.50. The molecule has 1 atom stereocenters. The minimum absolute atomic E-state index is 0.642. The van der Waals surface area contributed by atoms with Gasteiger partial charge in [0.1, 0.15) is 5.01 Å². The lowest BCUT2D eigenvalue weighted by Crippen LogP contribution is -2.28. The molecule has 0 bridgehead atoms. The van der Waals surface area contributed by atoms with E-state index in [2.05, 4.69) is 38.2 Å². The number of methoxy groups -OCH3 is 1. The van der Waals surface area contributed by atoms with Gasteiger partial charge in [-0.25, -0.2) is 4.98 Å². The summed E-state index contributed by atoms with van der Waals surface area (Å²) in [5, 5.41) is 3.26.